The highest BCUT2D eigenvalue weighted by Gasteiger charge is 2.40. The number of carboxylic acids is 1. The lowest BCUT2D eigenvalue weighted by Crippen LogP contribution is -2.39. The van der Waals surface area contributed by atoms with E-state index in [1.165, 1.54) is 0 Å². The summed E-state index contributed by atoms with van der Waals surface area (Å²) in [5, 5.41) is 20.0. The van der Waals surface area contributed by atoms with Crippen LogP contribution in [-0.4, -0.2) is 16.2 Å². The van der Waals surface area contributed by atoms with Crippen LogP contribution in [0.15, 0.2) is 30.3 Å². The van der Waals surface area contributed by atoms with Crippen LogP contribution < -0.4 is 0 Å². The molecule has 94 valence electrons. The molecule has 0 heterocycles. The van der Waals surface area contributed by atoms with Crippen LogP contribution in [0, 0.1) is 5.92 Å². The Kier molecular flexibility index (Phi) is 4.70. The van der Waals surface area contributed by atoms with Gasteiger partial charge in [0.25, 0.3) is 0 Å². The second kappa shape index (κ2) is 5.82. The van der Waals surface area contributed by atoms with Gasteiger partial charge in [0.15, 0.2) is 0 Å². The van der Waals surface area contributed by atoms with Crippen molar-refractivity contribution in [2.75, 3.05) is 0 Å². The lowest BCUT2D eigenvalue weighted by molar-refractivity contribution is -0.154. The molecule has 2 N–H and O–H groups in total. The summed E-state index contributed by atoms with van der Waals surface area (Å²) < 4.78 is 0. The average Bonchev–Trinajstić information content (AvgIpc) is 2.31. The Hall–Kier alpha value is -1.35. The summed E-state index contributed by atoms with van der Waals surface area (Å²) in [5.41, 5.74) is -0.576. The molecule has 3 nitrogen and oxygen atoms in total. The molecule has 0 radical (unpaired) electrons. The van der Waals surface area contributed by atoms with E-state index in [2.05, 4.69) is 0 Å². The first-order valence-corrected chi connectivity index (χ1v) is 6.07. The van der Waals surface area contributed by atoms with Crippen molar-refractivity contribution < 1.29 is 15.0 Å². The minimum absolute atomic E-state index is 0.417. The molecule has 3 heteroatoms. The maximum atomic E-state index is 11.3. The molecular weight excluding hydrogens is 216 g/mol. The number of aliphatic hydroxyl groups is 1. The van der Waals surface area contributed by atoms with Crippen molar-refractivity contribution in [2.24, 2.45) is 5.92 Å². The molecule has 0 saturated carbocycles. The predicted octanol–water partition coefficient (Wildman–Crippen LogP) is 2.79. The first-order valence-electron chi connectivity index (χ1n) is 6.07. The van der Waals surface area contributed by atoms with Gasteiger partial charge < -0.3 is 10.2 Å². The Bertz CT molecular complexity index is 361. The van der Waals surface area contributed by atoms with E-state index in [9.17, 15) is 15.0 Å². The van der Waals surface area contributed by atoms with Gasteiger partial charge in [0, 0.05) is 0 Å². The predicted molar refractivity (Wildman–Crippen MR) is 66.7 cm³/mol. The molecule has 0 fully saturated rings. The van der Waals surface area contributed by atoms with E-state index in [0.717, 1.165) is 6.42 Å². The Balaban J connectivity index is 3.16. The highest BCUT2D eigenvalue weighted by atomic mass is 16.4. The first kappa shape index (κ1) is 13.7. The van der Waals surface area contributed by atoms with Crippen LogP contribution in [0.5, 0.6) is 0 Å². The molecule has 0 aliphatic carbocycles. The Morgan fingerprint density at radius 2 is 1.88 bits per heavy atom. The van der Waals surface area contributed by atoms with Crippen LogP contribution in [0.4, 0.5) is 0 Å². The van der Waals surface area contributed by atoms with Gasteiger partial charge in [-0.15, -0.1) is 0 Å². The third-order valence-corrected chi connectivity index (χ3v) is 3.19. The van der Waals surface area contributed by atoms with Crippen molar-refractivity contribution in [3.05, 3.63) is 35.9 Å². The highest BCUT2D eigenvalue weighted by Crippen LogP contribution is 2.36. The number of carboxylic acid groups (broad SMARTS) is 1. The molecule has 2 unspecified atom stereocenters. The zero-order valence-electron chi connectivity index (χ0n) is 10.4. The highest BCUT2D eigenvalue weighted by molar-refractivity contribution is 5.72. The van der Waals surface area contributed by atoms with Gasteiger partial charge in [-0.25, -0.2) is 0 Å². The molecule has 2 atom stereocenters. The number of hydrogen-bond acceptors (Lipinski definition) is 2. The second-order valence-electron chi connectivity index (χ2n) is 4.34. The topological polar surface area (TPSA) is 57.5 Å². The molecule has 1 aromatic rings. The van der Waals surface area contributed by atoms with Crippen molar-refractivity contribution in [2.45, 2.75) is 38.7 Å². The van der Waals surface area contributed by atoms with Crippen molar-refractivity contribution in [1.82, 2.24) is 0 Å². The molecule has 0 aliphatic rings. The minimum Gasteiger partial charge on any atom is -0.481 e. The van der Waals surface area contributed by atoms with E-state index >= 15 is 0 Å². The zero-order chi connectivity index (χ0) is 12.9. The number of hydrogen-bond donors (Lipinski definition) is 2. The van der Waals surface area contributed by atoms with Crippen LogP contribution in [0.3, 0.4) is 0 Å². The monoisotopic (exact) mass is 236 g/mol. The smallest absolute Gasteiger partial charge is 0.309 e. The molecule has 0 aromatic heterocycles. The Labute approximate surface area is 102 Å². The van der Waals surface area contributed by atoms with Crippen LogP contribution >= 0.6 is 0 Å². The minimum atomic E-state index is -1.27. The van der Waals surface area contributed by atoms with E-state index in [0.29, 0.717) is 18.4 Å². The fourth-order valence-electron chi connectivity index (χ4n) is 2.34. The number of rotatable bonds is 6. The van der Waals surface area contributed by atoms with E-state index in [4.69, 9.17) is 0 Å². The van der Waals surface area contributed by atoms with Gasteiger partial charge in [0.2, 0.25) is 0 Å². The lowest BCUT2D eigenvalue weighted by Gasteiger charge is -2.33. The summed E-state index contributed by atoms with van der Waals surface area (Å²) in [6, 6.07) is 9.09. The molecule has 0 spiro atoms. The molecule has 17 heavy (non-hydrogen) atoms. The third-order valence-electron chi connectivity index (χ3n) is 3.19. The van der Waals surface area contributed by atoms with E-state index in [1.54, 1.807) is 19.1 Å². The second-order valence-corrected chi connectivity index (χ2v) is 4.34. The van der Waals surface area contributed by atoms with Crippen molar-refractivity contribution in [3.63, 3.8) is 0 Å². The summed E-state index contributed by atoms with van der Waals surface area (Å²) in [5.74, 6) is -1.70. The van der Waals surface area contributed by atoms with Crippen LogP contribution in [-0.2, 0) is 10.4 Å². The summed E-state index contributed by atoms with van der Waals surface area (Å²) in [6.07, 6.45) is 1.62. The first-order chi connectivity index (χ1) is 8.06. The molecule has 0 aliphatic heterocycles. The summed E-state index contributed by atoms with van der Waals surface area (Å²) >= 11 is 0. The maximum Gasteiger partial charge on any atom is 0.309 e. The zero-order valence-corrected chi connectivity index (χ0v) is 10.4. The van der Waals surface area contributed by atoms with Gasteiger partial charge >= 0.3 is 5.97 Å². The largest absolute Gasteiger partial charge is 0.481 e. The fraction of sp³-hybridized carbons (Fsp3) is 0.500. The molecule has 0 amide bonds. The van der Waals surface area contributed by atoms with Crippen LogP contribution in [0.1, 0.15) is 38.7 Å². The van der Waals surface area contributed by atoms with Gasteiger partial charge in [-0.3, -0.25) is 4.79 Å². The van der Waals surface area contributed by atoms with Gasteiger partial charge in [-0.1, -0.05) is 50.6 Å². The van der Waals surface area contributed by atoms with E-state index < -0.39 is 17.5 Å². The van der Waals surface area contributed by atoms with Crippen molar-refractivity contribution in [1.29, 1.82) is 0 Å². The van der Waals surface area contributed by atoms with Gasteiger partial charge in [0.05, 0.1) is 5.92 Å². The molecular formula is C14H20O3. The maximum absolute atomic E-state index is 11.3. The van der Waals surface area contributed by atoms with Crippen LogP contribution in [0.25, 0.3) is 0 Å². The number of benzene rings is 1. The third kappa shape index (κ3) is 2.86. The van der Waals surface area contributed by atoms with Crippen LogP contribution in [0.2, 0.25) is 0 Å². The summed E-state index contributed by atoms with van der Waals surface area (Å²) in [4.78, 5) is 11.3. The Morgan fingerprint density at radius 3 is 2.29 bits per heavy atom. The molecule has 0 bridgehead atoms. The van der Waals surface area contributed by atoms with Crippen molar-refractivity contribution >= 4 is 5.97 Å². The molecule has 1 aromatic carbocycles. The normalized spacial score (nSPS) is 16.2. The van der Waals surface area contributed by atoms with E-state index in [-0.39, 0.29) is 0 Å². The SMILES string of the molecule is CCCC(O)(c1ccccc1)C(CC)C(=O)O. The summed E-state index contributed by atoms with van der Waals surface area (Å²) in [7, 11) is 0. The Morgan fingerprint density at radius 1 is 1.29 bits per heavy atom. The van der Waals surface area contributed by atoms with Gasteiger partial charge in [0.1, 0.15) is 5.60 Å². The molecule has 1 rings (SSSR count). The van der Waals surface area contributed by atoms with Crippen molar-refractivity contribution in [3.8, 4) is 0 Å². The average molecular weight is 236 g/mol. The number of aliphatic carboxylic acids is 1. The number of carbonyl (C=O) groups is 1. The fourth-order valence-corrected chi connectivity index (χ4v) is 2.34. The van der Waals surface area contributed by atoms with Gasteiger partial charge in [-0.05, 0) is 18.4 Å². The lowest BCUT2D eigenvalue weighted by atomic mass is 9.77. The van der Waals surface area contributed by atoms with E-state index in [1.807, 2.05) is 25.1 Å². The van der Waals surface area contributed by atoms with Gasteiger partial charge in [-0.2, -0.15) is 0 Å². The summed E-state index contributed by atoms with van der Waals surface area (Å²) in [6.45, 7) is 3.74. The standard InChI is InChI=1S/C14H20O3/c1-3-10-14(17,12(4-2)13(15)16)11-8-6-5-7-9-11/h5-9,12,17H,3-4,10H2,1-2H3,(H,15,16). The molecule has 0 saturated heterocycles. The quantitative estimate of drug-likeness (QED) is 0.798.